The molecule has 0 atom stereocenters. The Bertz CT molecular complexity index is 1140. The number of amides is 1. The van der Waals surface area contributed by atoms with Gasteiger partial charge in [-0.15, -0.1) is 0 Å². The van der Waals surface area contributed by atoms with Crippen LogP contribution >= 0.6 is 0 Å². The molecule has 1 heterocycles. The van der Waals surface area contributed by atoms with Crippen molar-refractivity contribution in [3.05, 3.63) is 70.4 Å². The molecule has 3 aromatic rings. The summed E-state index contributed by atoms with van der Waals surface area (Å²) in [4.78, 5) is 28.9. The summed E-state index contributed by atoms with van der Waals surface area (Å²) in [7, 11) is 0. The number of nitrogens with one attached hydrogen (secondary N) is 1. The van der Waals surface area contributed by atoms with Gasteiger partial charge in [-0.05, 0) is 49.1 Å². The highest BCUT2D eigenvalue weighted by atomic mass is 16.6. The number of pyridine rings is 1. The molecule has 33 heavy (non-hydrogen) atoms. The zero-order valence-electron chi connectivity index (χ0n) is 18.9. The van der Waals surface area contributed by atoms with Gasteiger partial charge in [0.2, 0.25) is 5.91 Å². The summed E-state index contributed by atoms with van der Waals surface area (Å²) in [5.41, 5.74) is 1.56. The number of benzene rings is 2. The van der Waals surface area contributed by atoms with Gasteiger partial charge in [-0.25, -0.2) is 0 Å². The lowest BCUT2D eigenvalue weighted by Gasteiger charge is -2.36. The van der Waals surface area contributed by atoms with E-state index in [4.69, 9.17) is 4.74 Å². The molecule has 1 saturated carbocycles. The summed E-state index contributed by atoms with van der Waals surface area (Å²) in [6, 6.07) is 13.9. The van der Waals surface area contributed by atoms with Gasteiger partial charge < -0.3 is 10.1 Å². The second-order valence-corrected chi connectivity index (χ2v) is 8.61. The highest BCUT2D eigenvalue weighted by Crippen LogP contribution is 2.41. The fraction of sp³-hybridized carbons (Fsp3) is 0.385. The lowest BCUT2D eigenvalue weighted by molar-refractivity contribution is -0.384. The van der Waals surface area contributed by atoms with E-state index >= 15 is 0 Å². The van der Waals surface area contributed by atoms with Crippen molar-refractivity contribution in [2.24, 2.45) is 0 Å². The zero-order valence-corrected chi connectivity index (χ0v) is 18.9. The minimum absolute atomic E-state index is 0.0286. The Hall–Kier alpha value is -3.48. The molecule has 1 aliphatic carbocycles. The van der Waals surface area contributed by atoms with Crippen LogP contribution in [0.3, 0.4) is 0 Å². The molecule has 0 radical (unpaired) electrons. The van der Waals surface area contributed by atoms with Gasteiger partial charge in [0, 0.05) is 23.7 Å². The molecule has 1 aromatic heterocycles. The molecule has 2 aromatic carbocycles. The Morgan fingerprint density at radius 2 is 1.88 bits per heavy atom. The van der Waals surface area contributed by atoms with Crippen molar-refractivity contribution in [3.8, 4) is 5.75 Å². The number of anilines is 1. The minimum Gasteiger partial charge on any atom is -0.491 e. The number of rotatable bonds is 8. The monoisotopic (exact) mass is 447 g/mol. The first-order chi connectivity index (χ1) is 16.0. The fourth-order valence-corrected chi connectivity index (χ4v) is 4.64. The van der Waals surface area contributed by atoms with Crippen molar-refractivity contribution < 1.29 is 14.5 Å². The first kappa shape index (κ1) is 22.7. The van der Waals surface area contributed by atoms with Gasteiger partial charge in [-0.2, -0.15) is 0 Å². The zero-order chi connectivity index (χ0) is 23.3. The smallest absolute Gasteiger partial charge is 0.269 e. The number of nitro groups is 1. The number of unbranched alkanes of at least 4 members (excludes halogenated alkanes) is 1. The highest BCUT2D eigenvalue weighted by molar-refractivity contribution is 6.06. The van der Waals surface area contributed by atoms with Gasteiger partial charge in [-0.1, -0.05) is 44.7 Å². The van der Waals surface area contributed by atoms with E-state index in [1.807, 2.05) is 24.3 Å². The second kappa shape index (κ2) is 9.98. The summed E-state index contributed by atoms with van der Waals surface area (Å²) < 4.78 is 5.93. The molecule has 1 aliphatic rings. The lowest BCUT2D eigenvalue weighted by atomic mass is 9.68. The molecule has 4 rings (SSSR count). The Labute approximate surface area is 193 Å². The van der Waals surface area contributed by atoms with Gasteiger partial charge >= 0.3 is 0 Å². The quantitative estimate of drug-likeness (QED) is 0.253. The molecular weight excluding hydrogens is 418 g/mol. The first-order valence-corrected chi connectivity index (χ1v) is 11.6. The molecule has 7 nitrogen and oxygen atoms in total. The largest absolute Gasteiger partial charge is 0.491 e. The van der Waals surface area contributed by atoms with E-state index in [1.165, 1.54) is 12.1 Å². The lowest BCUT2D eigenvalue weighted by Crippen LogP contribution is -2.42. The van der Waals surface area contributed by atoms with Gasteiger partial charge in [0.05, 0.1) is 22.6 Å². The average molecular weight is 448 g/mol. The van der Waals surface area contributed by atoms with Crippen molar-refractivity contribution in [1.82, 2.24) is 4.98 Å². The van der Waals surface area contributed by atoms with Crippen molar-refractivity contribution in [1.29, 1.82) is 0 Å². The average Bonchev–Trinajstić information content (AvgIpc) is 2.85. The van der Waals surface area contributed by atoms with Crippen molar-refractivity contribution >= 4 is 28.2 Å². The third-order valence-corrected chi connectivity index (χ3v) is 6.51. The van der Waals surface area contributed by atoms with Crippen LogP contribution in [0.4, 0.5) is 11.4 Å². The van der Waals surface area contributed by atoms with Crippen LogP contribution in [-0.4, -0.2) is 22.4 Å². The number of fused-ring (bicyclic) bond motifs is 1. The Balaban J connectivity index is 1.66. The van der Waals surface area contributed by atoms with E-state index in [9.17, 15) is 14.9 Å². The van der Waals surface area contributed by atoms with Crippen LogP contribution in [0.5, 0.6) is 5.75 Å². The minimum atomic E-state index is -0.710. The van der Waals surface area contributed by atoms with Crippen molar-refractivity contribution in [2.45, 2.75) is 57.3 Å². The molecule has 0 saturated heterocycles. The molecule has 1 N–H and O–H groups in total. The number of ether oxygens (including phenoxy) is 1. The third-order valence-electron chi connectivity index (χ3n) is 6.51. The van der Waals surface area contributed by atoms with Crippen LogP contribution in [0.25, 0.3) is 10.9 Å². The highest BCUT2D eigenvalue weighted by Gasteiger charge is 2.41. The summed E-state index contributed by atoms with van der Waals surface area (Å²) in [6.07, 6.45) is 8.12. The first-order valence-electron chi connectivity index (χ1n) is 11.6. The standard InChI is InChI=1S/C26H29N3O4/c1-2-3-18-33-23-14-13-22(21-8-7-17-27-24(21)23)28-25(30)26(15-5-4-6-16-26)19-9-11-20(12-10-19)29(31)32/h7-14,17H,2-6,15-16,18H2,1H3,(H,28,30). The van der Waals surface area contributed by atoms with Crippen LogP contribution in [0, 0.1) is 10.1 Å². The predicted octanol–water partition coefficient (Wildman–Crippen LogP) is 6.16. The Morgan fingerprint density at radius 1 is 1.12 bits per heavy atom. The third kappa shape index (κ3) is 4.67. The van der Waals surface area contributed by atoms with E-state index in [-0.39, 0.29) is 11.6 Å². The molecule has 0 spiro atoms. The van der Waals surface area contributed by atoms with E-state index in [2.05, 4.69) is 17.2 Å². The molecule has 0 aliphatic heterocycles. The maximum absolute atomic E-state index is 13.8. The summed E-state index contributed by atoms with van der Waals surface area (Å²) in [5, 5.41) is 15.1. The van der Waals surface area contributed by atoms with Crippen LogP contribution in [-0.2, 0) is 10.2 Å². The normalized spacial score (nSPS) is 15.2. The van der Waals surface area contributed by atoms with E-state index in [0.29, 0.717) is 30.9 Å². The molecule has 0 unspecified atom stereocenters. The molecule has 7 heteroatoms. The molecule has 1 amide bonds. The molecule has 0 bridgehead atoms. The Kier molecular flexibility index (Phi) is 6.87. The number of carbonyl (C=O) groups excluding carboxylic acids is 1. The van der Waals surface area contributed by atoms with Crippen LogP contribution in [0.15, 0.2) is 54.7 Å². The summed E-state index contributed by atoms with van der Waals surface area (Å²) >= 11 is 0. The van der Waals surface area contributed by atoms with Crippen LogP contribution in [0.2, 0.25) is 0 Å². The predicted molar refractivity (Wildman–Crippen MR) is 129 cm³/mol. The maximum Gasteiger partial charge on any atom is 0.269 e. The summed E-state index contributed by atoms with van der Waals surface area (Å²) in [6.45, 7) is 2.74. The number of nitrogens with zero attached hydrogens (tertiary/aromatic N) is 2. The van der Waals surface area contributed by atoms with Gasteiger partial charge in [-0.3, -0.25) is 19.9 Å². The van der Waals surface area contributed by atoms with Gasteiger partial charge in [0.1, 0.15) is 11.3 Å². The topological polar surface area (TPSA) is 94.4 Å². The molecule has 172 valence electrons. The van der Waals surface area contributed by atoms with E-state index in [1.54, 1.807) is 18.3 Å². The number of carbonyl (C=O) groups is 1. The second-order valence-electron chi connectivity index (χ2n) is 8.61. The SMILES string of the molecule is CCCCOc1ccc(NC(=O)C2(c3ccc([N+](=O)[O-])cc3)CCCCC2)c2cccnc12. The fourth-order valence-electron chi connectivity index (χ4n) is 4.64. The number of hydrogen-bond acceptors (Lipinski definition) is 5. The molecular formula is C26H29N3O4. The number of nitro benzene ring substituents is 1. The van der Waals surface area contributed by atoms with Gasteiger partial charge in [0.15, 0.2) is 0 Å². The van der Waals surface area contributed by atoms with Gasteiger partial charge in [0.25, 0.3) is 5.69 Å². The van der Waals surface area contributed by atoms with Crippen LogP contribution in [0.1, 0.15) is 57.4 Å². The van der Waals surface area contributed by atoms with Crippen molar-refractivity contribution in [3.63, 3.8) is 0 Å². The van der Waals surface area contributed by atoms with Crippen LogP contribution < -0.4 is 10.1 Å². The Morgan fingerprint density at radius 3 is 2.58 bits per heavy atom. The molecule has 1 fully saturated rings. The van der Waals surface area contributed by atoms with Crippen molar-refractivity contribution in [2.75, 3.05) is 11.9 Å². The van der Waals surface area contributed by atoms with E-state index in [0.717, 1.165) is 48.6 Å². The van der Waals surface area contributed by atoms with E-state index < -0.39 is 10.3 Å². The number of hydrogen-bond donors (Lipinski definition) is 1. The number of aromatic nitrogens is 1. The maximum atomic E-state index is 13.8. The summed E-state index contributed by atoms with van der Waals surface area (Å²) in [5.74, 6) is 0.626. The number of non-ortho nitro benzene ring substituents is 1.